The van der Waals surface area contributed by atoms with E-state index in [2.05, 4.69) is 15.3 Å². The summed E-state index contributed by atoms with van der Waals surface area (Å²) in [6, 6.07) is 7.82. The molecule has 3 atom stereocenters. The van der Waals surface area contributed by atoms with E-state index < -0.39 is 6.10 Å². The Kier molecular flexibility index (Phi) is 5.60. The first-order chi connectivity index (χ1) is 12.1. The Morgan fingerprint density at radius 1 is 1.32 bits per heavy atom. The van der Waals surface area contributed by atoms with E-state index in [0.717, 1.165) is 30.6 Å². The van der Waals surface area contributed by atoms with E-state index in [9.17, 15) is 9.90 Å². The number of nitrogens with one attached hydrogen (secondary N) is 1. The molecule has 0 aliphatic heterocycles. The molecule has 0 saturated heterocycles. The second kappa shape index (κ2) is 8.07. The third-order valence-corrected chi connectivity index (χ3v) is 4.55. The van der Waals surface area contributed by atoms with Gasteiger partial charge in [-0.1, -0.05) is 12.1 Å². The number of rotatable bonds is 5. The predicted octanol–water partition coefficient (Wildman–Crippen LogP) is 2.12. The maximum atomic E-state index is 12.1. The van der Waals surface area contributed by atoms with Gasteiger partial charge in [0.2, 0.25) is 0 Å². The summed E-state index contributed by atoms with van der Waals surface area (Å²) in [5, 5.41) is 13.5. The Labute approximate surface area is 147 Å². The number of hydrogen-bond acceptors (Lipinski definition) is 5. The fourth-order valence-corrected chi connectivity index (χ4v) is 3.18. The van der Waals surface area contributed by atoms with Gasteiger partial charge >= 0.3 is 0 Å². The highest BCUT2D eigenvalue weighted by Crippen LogP contribution is 2.28. The van der Waals surface area contributed by atoms with E-state index in [1.807, 2.05) is 31.2 Å². The van der Waals surface area contributed by atoms with Crippen LogP contribution < -0.4 is 10.1 Å². The highest BCUT2D eigenvalue weighted by atomic mass is 16.5. The Morgan fingerprint density at radius 3 is 2.88 bits per heavy atom. The van der Waals surface area contributed by atoms with Gasteiger partial charge in [0.1, 0.15) is 18.2 Å². The molecule has 25 heavy (non-hydrogen) atoms. The van der Waals surface area contributed by atoms with E-state index in [-0.39, 0.29) is 17.9 Å². The standard InChI is InChI=1S/C19H23N3O3/c1-13-4-2-6-16(8-13)25-17-7-3-5-14(18(17)23)11-22-19(24)15-9-20-12-21-10-15/h2,4,6,8-10,12,14,17-18,23H,3,5,7,11H2,1H3,(H,22,24)/t14-,17-,18-/m1/s1. The van der Waals surface area contributed by atoms with Crippen LogP contribution in [0.25, 0.3) is 0 Å². The van der Waals surface area contributed by atoms with Gasteiger partial charge in [0.25, 0.3) is 5.91 Å². The van der Waals surface area contributed by atoms with E-state index in [0.29, 0.717) is 12.1 Å². The molecule has 0 unspecified atom stereocenters. The van der Waals surface area contributed by atoms with Crippen molar-refractivity contribution in [1.82, 2.24) is 15.3 Å². The zero-order chi connectivity index (χ0) is 17.6. The van der Waals surface area contributed by atoms with Gasteiger partial charge in [-0.3, -0.25) is 4.79 Å². The van der Waals surface area contributed by atoms with Crippen LogP contribution >= 0.6 is 0 Å². The van der Waals surface area contributed by atoms with Crippen LogP contribution in [0.3, 0.4) is 0 Å². The van der Waals surface area contributed by atoms with Crippen molar-refractivity contribution in [3.8, 4) is 5.75 Å². The highest BCUT2D eigenvalue weighted by molar-refractivity contribution is 5.93. The smallest absolute Gasteiger partial charge is 0.254 e. The molecule has 6 heteroatoms. The number of hydrogen-bond donors (Lipinski definition) is 2. The molecule has 6 nitrogen and oxygen atoms in total. The molecule has 3 rings (SSSR count). The van der Waals surface area contributed by atoms with Crippen molar-refractivity contribution >= 4 is 5.91 Å². The van der Waals surface area contributed by atoms with Gasteiger partial charge in [0.05, 0.1) is 11.7 Å². The number of nitrogens with zero attached hydrogens (tertiary/aromatic N) is 2. The van der Waals surface area contributed by atoms with Crippen LogP contribution in [0.1, 0.15) is 35.2 Å². The largest absolute Gasteiger partial charge is 0.488 e. The fraction of sp³-hybridized carbons (Fsp3) is 0.421. The predicted molar refractivity (Wildman–Crippen MR) is 93.3 cm³/mol. The van der Waals surface area contributed by atoms with Gasteiger partial charge in [-0.15, -0.1) is 0 Å². The Bertz CT molecular complexity index is 708. The normalized spacial score (nSPS) is 23.0. The summed E-state index contributed by atoms with van der Waals surface area (Å²) >= 11 is 0. The molecule has 1 aromatic heterocycles. The molecule has 132 valence electrons. The summed E-state index contributed by atoms with van der Waals surface area (Å²) in [5.41, 5.74) is 1.54. The Hall–Kier alpha value is -2.47. The van der Waals surface area contributed by atoms with E-state index in [1.54, 1.807) is 0 Å². The molecule has 1 fully saturated rings. The van der Waals surface area contributed by atoms with Crippen LogP contribution in [0.2, 0.25) is 0 Å². The van der Waals surface area contributed by atoms with Gasteiger partial charge in [-0.05, 0) is 43.9 Å². The van der Waals surface area contributed by atoms with Gasteiger partial charge in [-0.2, -0.15) is 0 Å². The van der Waals surface area contributed by atoms with E-state index in [1.165, 1.54) is 18.7 Å². The lowest BCUT2D eigenvalue weighted by Crippen LogP contribution is -2.45. The summed E-state index contributed by atoms with van der Waals surface area (Å²) in [7, 11) is 0. The molecular formula is C19H23N3O3. The molecule has 0 spiro atoms. The first kappa shape index (κ1) is 17.4. The van der Waals surface area contributed by atoms with Crippen molar-refractivity contribution in [2.45, 2.75) is 38.4 Å². The molecule has 1 aromatic carbocycles. The van der Waals surface area contributed by atoms with Crippen LogP contribution in [-0.4, -0.2) is 39.7 Å². The number of amides is 1. The molecule has 1 saturated carbocycles. The minimum Gasteiger partial charge on any atom is -0.488 e. The SMILES string of the molecule is Cc1cccc(O[C@@H]2CCC[C@H](CNC(=O)c3cncnc3)[C@H]2O)c1. The van der Waals surface area contributed by atoms with Gasteiger partial charge in [0, 0.05) is 24.9 Å². The quantitative estimate of drug-likeness (QED) is 0.870. The molecule has 2 N–H and O–H groups in total. The van der Waals surface area contributed by atoms with Crippen LogP contribution in [0, 0.1) is 12.8 Å². The number of carbonyl (C=O) groups excluding carboxylic acids is 1. The van der Waals surface area contributed by atoms with Crippen molar-refractivity contribution in [2.75, 3.05) is 6.54 Å². The number of carbonyl (C=O) groups is 1. The third kappa shape index (κ3) is 4.54. The highest BCUT2D eigenvalue weighted by Gasteiger charge is 2.33. The van der Waals surface area contributed by atoms with Crippen LogP contribution in [0.15, 0.2) is 43.0 Å². The minimum atomic E-state index is -0.610. The topological polar surface area (TPSA) is 84.3 Å². The molecule has 0 bridgehead atoms. The van der Waals surface area contributed by atoms with E-state index >= 15 is 0 Å². The third-order valence-electron chi connectivity index (χ3n) is 4.55. The molecule has 1 amide bonds. The zero-order valence-corrected chi connectivity index (χ0v) is 14.3. The molecule has 2 aromatic rings. The first-order valence-corrected chi connectivity index (χ1v) is 8.58. The lowest BCUT2D eigenvalue weighted by atomic mass is 9.84. The number of aryl methyl sites for hydroxylation is 1. The second-order valence-corrected chi connectivity index (χ2v) is 6.49. The molecule has 1 aliphatic rings. The lowest BCUT2D eigenvalue weighted by Gasteiger charge is -2.35. The lowest BCUT2D eigenvalue weighted by molar-refractivity contribution is -0.0301. The van der Waals surface area contributed by atoms with Crippen molar-refractivity contribution in [3.05, 3.63) is 54.1 Å². The summed E-state index contributed by atoms with van der Waals surface area (Å²) < 4.78 is 5.99. The van der Waals surface area contributed by atoms with Crippen LogP contribution in [0.4, 0.5) is 0 Å². The number of aliphatic hydroxyl groups excluding tert-OH is 1. The summed E-state index contributed by atoms with van der Waals surface area (Å²) in [6.07, 6.45) is 6.11. The summed E-state index contributed by atoms with van der Waals surface area (Å²) in [6.45, 7) is 2.42. The fourth-order valence-electron chi connectivity index (χ4n) is 3.18. The van der Waals surface area contributed by atoms with Crippen LogP contribution in [-0.2, 0) is 0 Å². The molecule has 0 radical (unpaired) electrons. The second-order valence-electron chi connectivity index (χ2n) is 6.49. The molecular weight excluding hydrogens is 318 g/mol. The number of ether oxygens (including phenoxy) is 1. The summed E-state index contributed by atoms with van der Waals surface area (Å²) in [4.78, 5) is 19.8. The van der Waals surface area contributed by atoms with Crippen molar-refractivity contribution in [1.29, 1.82) is 0 Å². The van der Waals surface area contributed by atoms with E-state index in [4.69, 9.17) is 4.74 Å². The maximum Gasteiger partial charge on any atom is 0.254 e. The number of benzene rings is 1. The first-order valence-electron chi connectivity index (χ1n) is 8.58. The maximum absolute atomic E-state index is 12.1. The average Bonchev–Trinajstić information content (AvgIpc) is 2.63. The number of aliphatic hydroxyl groups is 1. The van der Waals surface area contributed by atoms with Crippen LogP contribution in [0.5, 0.6) is 5.75 Å². The Balaban J connectivity index is 1.56. The molecule has 1 aliphatic carbocycles. The van der Waals surface area contributed by atoms with Crippen molar-refractivity contribution in [3.63, 3.8) is 0 Å². The minimum absolute atomic E-state index is 0.0304. The van der Waals surface area contributed by atoms with Gasteiger partial charge in [-0.25, -0.2) is 9.97 Å². The average molecular weight is 341 g/mol. The van der Waals surface area contributed by atoms with Crippen molar-refractivity contribution in [2.24, 2.45) is 5.92 Å². The summed E-state index contributed by atoms with van der Waals surface area (Å²) in [5.74, 6) is 0.516. The monoisotopic (exact) mass is 341 g/mol. The number of aromatic nitrogens is 2. The Morgan fingerprint density at radius 2 is 2.12 bits per heavy atom. The zero-order valence-electron chi connectivity index (χ0n) is 14.3. The molecule has 1 heterocycles. The van der Waals surface area contributed by atoms with Crippen molar-refractivity contribution < 1.29 is 14.6 Å². The van der Waals surface area contributed by atoms with Gasteiger partial charge < -0.3 is 15.2 Å². The van der Waals surface area contributed by atoms with Gasteiger partial charge in [0.15, 0.2) is 0 Å².